The van der Waals surface area contributed by atoms with Crippen molar-refractivity contribution in [2.45, 2.75) is 174 Å². The topological polar surface area (TPSA) is 226 Å². The summed E-state index contributed by atoms with van der Waals surface area (Å²) >= 11 is -7.24. The van der Waals surface area contributed by atoms with Crippen LogP contribution in [-0.4, -0.2) is 42.1 Å². The van der Waals surface area contributed by atoms with Crippen molar-refractivity contribution in [2.24, 2.45) is 0 Å². The molecule has 16 aromatic rings. The van der Waals surface area contributed by atoms with E-state index in [0.29, 0.717) is 74.2 Å². The molecule has 752 valence electrons. The molecule has 24 heteroatoms. The molecule has 6 atom stereocenters. The highest BCUT2D eigenvalue weighted by Crippen LogP contribution is 2.39. The highest BCUT2D eigenvalue weighted by atomic mass is 32.2. The number of aryl methyl sites for hydroxylation is 12. The number of rotatable bonds is 24. The zero-order valence-corrected chi connectivity index (χ0v) is 88.5. The lowest BCUT2D eigenvalue weighted by Gasteiger charge is -2.17. The van der Waals surface area contributed by atoms with Crippen molar-refractivity contribution in [3.8, 4) is 66.8 Å². The summed E-state index contributed by atoms with van der Waals surface area (Å²) in [4.78, 5) is 0. The maximum Gasteiger partial charge on any atom is 0.160 e. The van der Waals surface area contributed by atoms with Crippen LogP contribution in [0.25, 0.3) is 66.8 Å². The first-order valence-electron chi connectivity index (χ1n) is 50.2. The number of hydrogen-bond donors (Lipinski definition) is 0. The van der Waals surface area contributed by atoms with Gasteiger partial charge in [0, 0.05) is 0 Å². The normalized spacial score (nSPS) is 18.2. The monoisotopic (exact) mass is 2110 g/mol. The molecule has 0 aromatic heterocycles. The van der Waals surface area contributed by atoms with Crippen molar-refractivity contribution in [3.05, 3.63) is 495 Å². The number of benzene rings is 16. The van der Waals surface area contributed by atoms with Crippen LogP contribution >= 0.6 is 0 Å². The van der Waals surface area contributed by atoms with Crippen LogP contribution < -0.4 is 0 Å². The minimum atomic E-state index is -2.99. The highest BCUT2D eigenvalue weighted by molar-refractivity contribution is 7.90. The third-order valence-corrected chi connectivity index (χ3v) is 37.5. The fourth-order valence-corrected chi connectivity index (χ4v) is 28.7. The van der Waals surface area contributed by atoms with E-state index in [1.54, 1.807) is 0 Å². The van der Waals surface area contributed by atoms with Gasteiger partial charge in [-0.25, -0.2) is 42.1 Å². The van der Waals surface area contributed by atoms with Gasteiger partial charge < -0.3 is 0 Å². The molecule has 8 aliphatic heterocycles. The van der Waals surface area contributed by atoms with Gasteiger partial charge in [-0.2, -0.15) is 0 Å². The third kappa shape index (κ3) is 26.4. The fourth-order valence-electron chi connectivity index (χ4n) is 20.3. The van der Waals surface area contributed by atoms with E-state index in [1.165, 1.54) is 89.0 Å². The Hall–Kier alpha value is -11.9. The SMILES string of the molecule is O=S1(=O)Cc2ccc(CCc3ccc(CCc4ccc(-c5ccc6c(c5)CS(=O)(=O)C6)cc4)cc3)cc2C1.O=S1Cc2cc(CCc3ccc(CCc4ccc(-c5ccc6c(c5)CS(=O)OC6)cc4)cc3)ccc2CO1.O=S1Cc2ccc(-c3cccc(-c4cccc(-c5ccc6c(c5)COS(=O)C6)c4)c3)cc2CO1.O=S1Cc2ccc(CCc3ccc(CCc4ccc(-c5ccc6c(c5)COS(=O)C6)cc4)cc3)cc2CO1. The molecule has 16 nitrogen and oxygen atoms in total. The molecular weight excluding hydrogens is 2000 g/mol. The predicted molar refractivity (Wildman–Crippen MR) is 594 cm³/mol. The van der Waals surface area contributed by atoms with E-state index < -0.39 is 86.2 Å². The summed E-state index contributed by atoms with van der Waals surface area (Å²) in [6.45, 7) is 2.51. The molecule has 0 spiro atoms. The molecular formula is C124H112O16S8. The summed E-state index contributed by atoms with van der Waals surface area (Å²) in [5, 5.41) is 0. The Morgan fingerprint density at radius 2 is 0.324 bits per heavy atom. The van der Waals surface area contributed by atoms with Crippen LogP contribution in [-0.2, 0) is 285 Å². The Kier molecular flexibility index (Phi) is 32.1. The molecule has 16 aromatic carbocycles. The molecule has 0 bridgehead atoms. The molecule has 0 saturated heterocycles. The van der Waals surface area contributed by atoms with E-state index in [4.69, 9.17) is 25.1 Å². The van der Waals surface area contributed by atoms with Gasteiger partial charge in [0.15, 0.2) is 86.2 Å². The van der Waals surface area contributed by atoms with Gasteiger partial charge in [-0.15, -0.1) is 0 Å². The molecule has 0 aliphatic carbocycles. The van der Waals surface area contributed by atoms with Crippen LogP contribution in [0.15, 0.2) is 340 Å². The van der Waals surface area contributed by atoms with Gasteiger partial charge in [-0.3, -0.25) is 25.1 Å². The van der Waals surface area contributed by atoms with Gasteiger partial charge in [0.25, 0.3) is 0 Å². The smallest absolute Gasteiger partial charge is 0.160 e. The van der Waals surface area contributed by atoms with Crippen molar-refractivity contribution >= 4 is 86.2 Å². The Balaban J connectivity index is 0.000000116. The van der Waals surface area contributed by atoms with E-state index in [0.717, 1.165) is 211 Å². The van der Waals surface area contributed by atoms with Crippen molar-refractivity contribution < 1.29 is 67.2 Å². The average molecular weight is 2110 g/mol. The van der Waals surface area contributed by atoms with E-state index in [1.807, 2.05) is 24.3 Å². The first-order valence-corrected chi connectivity index (χ1v) is 61.3. The van der Waals surface area contributed by atoms with Crippen molar-refractivity contribution in [2.75, 3.05) is 0 Å². The minimum absolute atomic E-state index is 0.146. The molecule has 0 fully saturated rings. The second-order valence-corrected chi connectivity index (χ2v) is 50.2. The Morgan fingerprint density at radius 1 is 0.155 bits per heavy atom. The van der Waals surface area contributed by atoms with Crippen molar-refractivity contribution in [1.82, 2.24) is 0 Å². The van der Waals surface area contributed by atoms with Crippen LogP contribution in [0, 0.1) is 0 Å². The van der Waals surface area contributed by atoms with Crippen molar-refractivity contribution in [1.29, 1.82) is 0 Å². The number of sulfone groups is 2. The molecule has 8 heterocycles. The summed E-state index contributed by atoms with van der Waals surface area (Å²) in [6.07, 6.45) is 11.7. The van der Waals surface area contributed by atoms with E-state index >= 15 is 0 Å². The van der Waals surface area contributed by atoms with Crippen LogP contribution in [0.4, 0.5) is 0 Å². The van der Waals surface area contributed by atoms with Gasteiger partial charge in [0.2, 0.25) is 0 Å². The highest BCUT2D eigenvalue weighted by Gasteiger charge is 2.29. The summed E-state index contributed by atoms with van der Waals surface area (Å²) in [6, 6.07) is 120. The Labute approximate surface area is 882 Å². The lowest BCUT2D eigenvalue weighted by molar-refractivity contribution is 0.327. The lowest BCUT2D eigenvalue weighted by atomic mass is 9.94. The van der Waals surface area contributed by atoms with E-state index in [9.17, 15) is 42.1 Å². The Morgan fingerprint density at radius 3 is 0.635 bits per heavy atom. The largest absolute Gasteiger partial charge is 0.285 e. The fraction of sp³-hybridized carbons (Fsp3) is 0.226. The first-order chi connectivity index (χ1) is 72.0. The molecule has 24 rings (SSSR count). The van der Waals surface area contributed by atoms with Gasteiger partial charge in [0.05, 0.1) is 97.2 Å². The summed E-state index contributed by atoms with van der Waals surface area (Å²) in [5.74, 6) is 3.50. The van der Waals surface area contributed by atoms with E-state index in [-0.39, 0.29) is 23.0 Å². The van der Waals surface area contributed by atoms with Crippen LogP contribution in [0.2, 0.25) is 0 Å². The Bertz CT molecular complexity index is 7940. The van der Waals surface area contributed by atoms with Crippen LogP contribution in [0.5, 0.6) is 0 Å². The third-order valence-electron chi connectivity index (χ3n) is 28.9. The predicted octanol–water partition coefficient (Wildman–Crippen LogP) is 24.5. The minimum Gasteiger partial charge on any atom is -0.285 e. The molecule has 0 saturated carbocycles. The number of hydrogen-bond acceptors (Lipinski definition) is 16. The second-order valence-electron chi connectivity index (χ2n) is 39.3. The molecule has 6 unspecified atom stereocenters. The van der Waals surface area contributed by atoms with Gasteiger partial charge in [-0.05, 0) is 342 Å². The summed E-state index contributed by atoms with van der Waals surface area (Å²) in [7, 11) is -5.95. The zero-order chi connectivity index (χ0) is 101. The zero-order valence-electron chi connectivity index (χ0n) is 81.9. The van der Waals surface area contributed by atoms with E-state index in [2.05, 4.69) is 315 Å². The standard InChI is InChI=1S/3C32H30O4S2.C28H22O4S2/c33-37-21-29-14-11-26(17-31(29)19-35-37)8-7-24-3-1-23(2-4-24)5-6-25-9-12-27(13-10-25)28-15-16-30-22-38(34)36-20-32(30)18-28;33-37(34)19-29-14-11-26(17-31(29)21-37)8-7-24-3-1-23(2-4-24)5-6-25-9-12-27(13-10-25)28-15-16-30-20-38(35,36)22-32(30)18-28;33-37-21-31-17-26(11-14-29(31)19-35-37)8-7-24-3-1-23(2-4-24)5-6-25-9-12-27(13-10-25)28-15-16-30-20-36-38(34)22-32(30)18-28;29-33-17-25-9-7-23(13-27(25)15-31-33)21-5-1-3-19(11-21)20-4-2-6-22(12-20)24-8-10-26-18-34(30)32-16-28(26)14-24/h3*1-4,9-18H,5-8,19-22H2;1-14H,15-18H2. The molecule has 0 N–H and O–H groups in total. The quantitative estimate of drug-likeness (QED) is 0.0548. The first kappa shape index (κ1) is 102. The average Bonchev–Trinajstić information content (AvgIpc) is 1.69. The molecule has 0 radical (unpaired) electrons. The maximum absolute atomic E-state index is 11.9. The van der Waals surface area contributed by atoms with Crippen molar-refractivity contribution in [3.63, 3.8) is 0 Å². The number of fused-ring (bicyclic) bond motifs is 8. The van der Waals surface area contributed by atoms with Gasteiger partial charge in [-0.1, -0.05) is 297 Å². The summed E-state index contributed by atoms with van der Waals surface area (Å²) < 4.78 is 149. The van der Waals surface area contributed by atoms with Gasteiger partial charge >= 0.3 is 0 Å². The summed E-state index contributed by atoms with van der Waals surface area (Å²) in [5.41, 5.74) is 46.6. The van der Waals surface area contributed by atoms with Crippen LogP contribution in [0.3, 0.4) is 0 Å². The maximum atomic E-state index is 11.9. The molecule has 0 amide bonds. The lowest BCUT2D eigenvalue weighted by Crippen LogP contribution is -2.11. The molecule has 8 aliphatic rings. The van der Waals surface area contributed by atoms with Gasteiger partial charge in [0.1, 0.15) is 0 Å². The van der Waals surface area contributed by atoms with Crippen LogP contribution in [0.1, 0.15) is 156 Å². The molecule has 148 heavy (non-hydrogen) atoms. The second kappa shape index (κ2) is 46.7.